The number of sulfone groups is 1. The first-order chi connectivity index (χ1) is 16.5. The highest BCUT2D eigenvalue weighted by molar-refractivity contribution is 7.92. The predicted molar refractivity (Wildman–Crippen MR) is 128 cm³/mol. The van der Waals surface area contributed by atoms with Crippen LogP contribution < -0.4 is 10.6 Å². The summed E-state index contributed by atoms with van der Waals surface area (Å²) in [7, 11) is -3.74. The number of halogens is 4. The van der Waals surface area contributed by atoms with E-state index in [1.807, 2.05) is 0 Å². The minimum atomic E-state index is -4.59. The van der Waals surface area contributed by atoms with E-state index >= 15 is 0 Å². The Hall–Kier alpha value is -2.85. The normalized spacial score (nSPS) is 18.9. The van der Waals surface area contributed by atoms with Gasteiger partial charge in [0, 0.05) is 28.2 Å². The average molecular weight is 526 g/mol. The summed E-state index contributed by atoms with van der Waals surface area (Å²) in [5.74, 6) is -1.21. The number of nitrogens with one attached hydrogen (secondary N) is 2. The Morgan fingerprint density at radius 2 is 1.66 bits per heavy atom. The zero-order chi connectivity index (χ0) is 25.2. The van der Waals surface area contributed by atoms with E-state index in [0.717, 1.165) is 6.07 Å². The molecule has 1 amide bonds. The topological polar surface area (TPSA) is 88.2 Å². The van der Waals surface area contributed by atoms with Crippen molar-refractivity contribution in [2.75, 3.05) is 11.1 Å². The van der Waals surface area contributed by atoms with Crippen LogP contribution in [0.2, 0.25) is 5.02 Å². The molecule has 1 aromatic heterocycles. The van der Waals surface area contributed by atoms with E-state index in [4.69, 9.17) is 11.6 Å². The van der Waals surface area contributed by atoms with E-state index in [2.05, 4.69) is 15.6 Å². The lowest BCUT2D eigenvalue weighted by Crippen LogP contribution is -2.42. The summed E-state index contributed by atoms with van der Waals surface area (Å²) < 4.78 is 64.9. The second kappa shape index (κ2) is 10.0. The standard InChI is InChI=1S/C24H23ClF3N3O3S/c25-15-6-11-20-19(12-15)21(13-22(31-20)24(26,27)28)29-16-7-9-17(10-8-16)30-23(32)14-35(33,34)18-4-2-1-3-5-18/h1-6,11-13,16-17H,7-10,14H2,(H,29,31)(H,30,32)/t16-,17+. The molecule has 0 saturated heterocycles. The quantitative estimate of drug-likeness (QED) is 0.460. The average Bonchev–Trinajstić information content (AvgIpc) is 2.80. The first kappa shape index (κ1) is 25.2. The van der Waals surface area contributed by atoms with Gasteiger partial charge in [0.05, 0.1) is 10.4 Å². The third kappa shape index (κ3) is 6.24. The number of benzene rings is 2. The Morgan fingerprint density at radius 1 is 1.00 bits per heavy atom. The van der Waals surface area contributed by atoms with Gasteiger partial charge in [-0.1, -0.05) is 29.8 Å². The van der Waals surface area contributed by atoms with Gasteiger partial charge in [0.2, 0.25) is 5.91 Å². The number of aromatic nitrogens is 1. The Kier molecular flexibility index (Phi) is 7.23. The van der Waals surface area contributed by atoms with Crippen LogP contribution in [0.25, 0.3) is 10.9 Å². The van der Waals surface area contributed by atoms with E-state index in [-0.39, 0.29) is 22.5 Å². The second-order valence-electron chi connectivity index (χ2n) is 8.55. The molecule has 0 bridgehead atoms. The van der Waals surface area contributed by atoms with E-state index in [1.165, 1.54) is 24.3 Å². The molecule has 6 nitrogen and oxygen atoms in total. The monoisotopic (exact) mass is 525 g/mol. The van der Waals surface area contributed by atoms with Crippen molar-refractivity contribution in [2.24, 2.45) is 0 Å². The Labute approximate surface area is 205 Å². The lowest BCUT2D eigenvalue weighted by molar-refractivity contribution is -0.140. The van der Waals surface area contributed by atoms with Gasteiger partial charge in [-0.3, -0.25) is 4.79 Å². The fraction of sp³-hybridized carbons (Fsp3) is 0.333. The lowest BCUT2D eigenvalue weighted by Gasteiger charge is -2.30. The fourth-order valence-electron chi connectivity index (χ4n) is 4.22. The molecule has 0 radical (unpaired) electrons. The molecule has 0 unspecified atom stereocenters. The Morgan fingerprint density at radius 3 is 2.31 bits per heavy atom. The van der Waals surface area contributed by atoms with Crippen molar-refractivity contribution < 1.29 is 26.4 Å². The molecule has 3 aromatic rings. The Balaban J connectivity index is 1.39. The van der Waals surface area contributed by atoms with Crippen molar-refractivity contribution in [2.45, 2.75) is 48.8 Å². The molecule has 0 aliphatic heterocycles. The molecule has 11 heteroatoms. The van der Waals surface area contributed by atoms with Crippen LogP contribution in [-0.4, -0.2) is 37.1 Å². The molecule has 2 N–H and O–H groups in total. The number of fused-ring (bicyclic) bond motifs is 1. The maximum absolute atomic E-state index is 13.4. The van der Waals surface area contributed by atoms with Crippen LogP contribution in [0.3, 0.4) is 0 Å². The lowest BCUT2D eigenvalue weighted by atomic mass is 9.91. The zero-order valence-electron chi connectivity index (χ0n) is 18.5. The molecule has 0 atom stereocenters. The highest BCUT2D eigenvalue weighted by atomic mass is 35.5. The first-order valence-corrected chi connectivity index (χ1v) is 13.1. The minimum Gasteiger partial charge on any atom is -0.382 e. The number of alkyl halides is 3. The van der Waals surface area contributed by atoms with Crippen molar-refractivity contribution in [3.8, 4) is 0 Å². The van der Waals surface area contributed by atoms with Crippen molar-refractivity contribution in [3.05, 3.63) is 65.3 Å². The molecule has 0 spiro atoms. The number of anilines is 1. The first-order valence-electron chi connectivity index (χ1n) is 11.0. The molecule has 186 valence electrons. The number of amides is 1. The van der Waals surface area contributed by atoms with Crippen LogP contribution >= 0.6 is 11.6 Å². The summed E-state index contributed by atoms with van der Waals surface area (Å²) >= 11 is 6.05. The highest BCUT2D eigenvalue weighted by Gasteiger charge is 2.34. The van der Waals surface area contributed by atoms with Gasteiger partial charge in [-0.15, -0.1) is 0 Å². The number of hydrogen-bond acceptors (Lipinski definition) is 5. The maximum Gasteiger partial charge on any atom is 0.433 e. The van der Waals surface area contributed by atoms with Crippen LogP contribution in [0, 0.1) is 0 Å². The van der Waals surface area contributed by atoms with E-state index in [0.29, 0.717) is 41.8 Å². The molecule has 1 fully saturated rings. The van der Waals surface area contributed by atoms with Crippen LogP contribution in [-0.2, 0) is 20.8 Å². The minimum absolute atomic E-state index is 0.0889. The van der Waals surface area contributed by atoms with Gasteiger partial charge in [-0.25, -0.2) is 13.4 Å². The number of hydrogen-bond donors (Lipinski definition) is 2. The largest absolute Gasteiger partial charge is 0.433 e. The fourth-order valence-corrected chi connectivity index (χ4v) is 5.56. The molecule has 1 heterocycles. The van der Waals surface area contributed by atoms with E-state index in [1.54, 1.807) is 24.3 Å². The van der Waals surface area contributed by atoms with E-state index in [9.17, 15) is 26.4 Å². The molecule has 1 aliphatic rings. The number of pyridine rings is 1. The molecular formula is C24H23ClF3N3O3S. The number of carbonyl (C=O) groups is 1. The molecule has 1 saturated carbocycles. The molecule has 35 heavy (non-hydrogen) atoms. The van der Waals surface area contributed by atoms with Crippen molar-refractivity contribution in [1.29, 1.82) is 0 Å². The molecule has 4 rings (SSSR count). The van der Waals surface area contributed by atoms with Crippen LogP contribution in [0.4, 0.5) is 18.9 Å². The SMILES string of the molecule is O=C(CS(=O)(=O)c1ccccc1)N[C@H]1CC[C@@H](Nc2cc(C(F)(F)F)nc3ccc(Cl)cc23)CC1. The van der Waals surface area contributed by atoms with Gasteiger partial charge in [-0.2, -0.15) is 13.2 Å². The molecule has 1 aliphatic carbocycles. The summed E-state index contributed by atoms with van der Waals surface area (Å²) in [6, 6.07) is 12.9. The predicted octanol–water partition coefficient (Wildman–Crippen LogP) is 5.22. The van der Waals surface area contributed by atoms with Crippen LogP contribution in [0.5, 0.6) is 0 Å². The van der Waals surface area contributed by atoms with E-state index < -0.39 is 33.4 Å². The number of nitrogens with zero attached hydrogens (tertiary/aromatic N) is 1. The van der Waals surface area contributed by atoms with Crippen molar-refractivity contribution in [3.63, 3.8) is 0 Å². The summed E-state index contributed by atoms with van der Waals surface area (Å²) in [6.07, 6.45) is -2.30. The van der Waals surface area contributed by atoms with Crippen molar-refractivity contribution >= 4 is 43.9 Å². The van der Waals surface area contributed by atoms with Gasteiger partial charge in [0.25, 0.3) is 0 Å². The van der Waals surface area contributed by atoms with Gasteiger partial charge < -0.3 is 10.6 Å². The van der Waals surface area contributed by atoms with Gasteiger partial charge >= 0.3 is 6.18 Å². The maximum atomic E-state index is 13.4. The summed E-state index contributed by atoms with van der Waals surface area (Å²) in [5, 5.41) is 6.84. The Bertz CT molecular complexity index is 1330. The molecule has 2 aromatic carbocycles. The van der Waals surface area contributed by atoms with Gasteiger partial charge in [0.1, 0.15) is 11.4 Å². The number of carbonyl (C=O) groups excluding carboxylic acids is 1. The van der Waals surface area contributed by atoms with Gasteiger partial charge in [-0.05, 0) is 62.1 Å². The number of rotatable bonds is 6. The third-order valence-electron chi connectivity index (χ3n) is 5.94. The highest BCUT2D eigenvalue weighted by Crippen LogP contribution is 2.35. The van der Waals surface area contributed by atoms with Crippen molar-refractivity contribution in [1.82, 2.24) is 10.3 Å². The smallest absolute Gasteiger partial charge is 0.382 e. The molecular weight excluding hydrogens is 503 g/mol. The summed E-state index contributed by atoms with van der Waals surface area (Å²) in [6.45, 7) is 0. The summed E-state index contributed by atoms with van der Waals surface area (Å²) in [5.41, 5.74) is -0.506. The van der Waals surface area contributed by atoms with Gasteiger partial charge in [0.15, 0.2) is 9.84 Å². The van der Waals surface area contributed by atoms with Crippen LogP contribution in [0.1, 0.15) is 31.4 Å². The second-order valence-corrected chi connectivity index (χ2v) is 11.0. The zero-order valence-corrected chi connectivity index (χ0v) is 20.1. The van der Waals surface area contributed by atoms with Crippen LogP contribution in [0.15, 0.2) is 59.5 Å². The summed E-state index contributed by atoms with van der Waals surface area (Å²) in [4.78, 5) is 16.2. The third-order valence-corrected chi connectivity index (χ3v) is 7.80.